The Morgan fingerprint density at radius 2 is 1.81 bits per heavy atom. The zero-order valence-corrected chi connectivity index (χ0v) is 17.0. The number of hydrogen-bond acceptors (Lipinski definition) is 5. The standard InChI is InChI=1S/C19H28N2O5.ClH/c1-12(16-11-15(25-3)5-6-17(16)26-4)20-18(22)13(2)21-9-7-14(8-10-21)19(23)24;/h5-6,11-14H,7-10H2,1-4H3,(H,20,22)(H,23,24);1H. The summed E-state index contributed by atoms with van der Waals surface area (Å²) in [6, 6.07) is 4.92. The highest BCUT2D eigenvalue weighted by molar-refractivity contribution is 5.85. The first-order valence-corrected chi connectivity index (χ1v) is 8.86. The number of halogens is 1. The highest BCUT2D eigenvalue weighted by Gasteiger charge is 2.30. The lowest BCUT2D eigenvalue weighted by atomic mass is 9.96. The Hall–Kier alpha value is -1.99. The first-order chi connectivity index (χ1) is 12.4. The van der Waals surface area contributed by atoms with Crippen LogP contribution in [0.5, 0.6) is 11.5 Å². The summed E-state index contributed by atoms with van der Waals surface area (Å²) in [6.45, 7) is 4.98. The van der Waals surface area contributed by atoms with Crippen molar-refractivity contribution >= 4 is 24.3 Å². The predicted octanol–water partition coefficient (Wildman–Crippen LogP) is 2.49. The van der Waals surface area contributed by atoms with Gasteiger partial charge in [0.25, 0.3) is 0 Å². The minimum Gasteiger partial charge on any atom is -0.497 e. The molecule has 2 rings (SSSR count). The summed E-state index contributed by atoms with van der Waals surface area (Å²) < 4.78 is 10.6. The van der Waals surface area contributed by atoms with E-state index in [9.17, 15) is 9.59 Å². The Morgan fingerprint density at radius 1 is 1.19 bits per heavy atom. The van der Waals surface area contributed by atoms with E-state index in [0.29, 0.717) is 37.4 Å². The Bertz CT molecular complexity index is 647. The van der Waals surface area contributed by atoms with Gasteiger partial charge in [0, 0.05) is 5.56 Å². The highest BCUT2D eigenvalue weighted by Crippen LogP contribution is 2.29. The van der Waals surface area contributed by atoms with Gasteiger partial charge in [-0.25, -0.2) is 0 Å². The van der Waals surface area contributed by atoms with E-state index in [4.69, 9.17) is 14.6 Å². The molecule has 1 amide bonds. The summed E-state index contributed by atoms with van der Waals surface area (Å²) in [5.41, 5.74) is 0.844. The fourth-order valence-corrected chi connectivity index (χ4v) is 3.29. The largest absolute Gasteiger partial charge is 0.497 e. The number of hydrogen-bond donors (Lipinski definition) is 2. The molecule has 0 spiro atoms. The summed E-state index contributed by atoms with van der Waals surface area (Å²) in [6.07, 6.45) is 1.15. The molecule has 0 radical (unpaired) electrons. The van der Waals surface area contributed by atoms with Gasteiger partial charge in [-0.2, -0.15) is 0 Å². The van der Waals surface area contributed by atoms with Crippen LogP contribution in [0.4, 0.5) is 0 Å². The maximum Gasteiger partial charge on any atom is 0.306 e. The number of amides is 1. The smallest absolute Gasteiger partial charge is 0.306 e. The van der Waals surface area contributed by atoms with E-state index in [1.165, 1.54) is 0 Å². The lowest BCUT2D eigenvalue weighted by Gasteiger charge is -2.34. The van der Waals surface area contributed by atoms with Crippen LogP contribution in [0.1, 0.15) is 38.3 Å². The van der Waals surface area contributed by atoms with Gasteiger partial charge in [-0.3, -0.25) is 14.5 Å². The van der Waals surface area contributed by atoms with E-state index in [2.05, 4.69) is 5.32 Å². The summed E-state index contributed by atoms with van der Waals surface area (Å²) in [4.78, 5) is 25.7. The molecule has 0 bridgehead atoms. The molecule has 2 N–H and O–H groups in total. The molecule has 1 aliphatic heterocycles. The van der Waals surface area contributed by atoms with Crippen molar-refractivity contribution in [3.05, 3.63) is 23.8 Å². The summed E-state index contributed by atoms with van der Waals surface area (Å²) in [5, 5.41) is 12.1. The van der Waals surface area contributed by atoms with Gasteiger partial charge >= 0.3 is 5.97 Å². The Morgan fingerprint density at radius 3 is 2.33 bits per heavy atom. The fourth-order valence-electron chi connectivity index (χ4n) is 3.29. The van der Waals surface area contributed by atoms with E-state index in [1.807, 2.05) is 36.9 Å². The number of carbonyl (C=O) groups excluding carboxylic acids is 1. The molecule has 8 heteroatoms. The van der Waals surface area contributed by atoms with Crippen molar-refractivity contribution in [2.24, 2.45) is 5.92 Å². The molecular formula is C19H29ClN2O5. The third-order valence-electron chi connectivity index (χ3n) is 5.07. The van der Waals surface area contributed by atoms with Crippen molar-refractivity contribution in [2.45, 2.75) is 38.8 Å². The first kappa shape index (κ1) is 23.0. The average Bonchev–Trinajstić information content (AvgIpc) is 2.66. The number of carboxylic acid groups (broad SMARTS) is 1. The van der Waals surface area contributed by atoms with Crippen molar-refractivity contribution in [1.29, 1.82) is 0 Å². The predicted molar refractivity (Wildman–Crippen MR) is 105 cm³/mol. The minimum atomic E-state index is -0.750. The van der Waals surface area contributed by atoms with Crippen LogP contribution in [0.2, 0.25) is 0 Å². The molecule has 2 atom stereocenters. The molecule has 0 aliphatic carbocycles. The number of carboxylic acids is 1. The lowest BCUT2D eigenvalue weighted by Crippen LogP contribution is -2.49. The molecule has 1 fully saturated rings. The number of benzene rings is 1. The summed E-state index contributed by atoms with van der Waals surface area (Å²) in [7, 11) is 3.19. The Balaban J connectivity index is 0.00000364. The maximum absolute atomic E-state index is 12.7. The van der Waals surface area contributed by atoms with Gasteiger partial charge in [0.05, 0.1) is 32.2 Å². The van der Waals surface area contributed by atoms with E-state index >= 15 is 0 Å². The third-order valence-corrected chi connectivity index (χ3v) is 5.07. The van der Waals surface area contributed by atoms with Crippen LogP contribution in [-0.4, -0.2) is 55.2 Å². The van der Waals surface area contributed by atoms with Gasteiger partial charge in [0.1, 0.15) is 11.5 Å². The van der Waals surface area contributed by atoms with Crippen molar-refractivity contribution in [3.63, 3.8) is 0 Å². The zero-order chi connectivity index (χ0) is 19.3. The van der Waals surface area contributed by atoms with E-state index < -0.39 is 5.97 Å². The molecule has 1 saturated heterocycles. The molecule has 1 aromatic carbocycles. The van der Waals surface area contributed by atoms with Gasteiger partial charge < -0.3 is 19.9 Å². The van der Waals surface area contributed by atoms with Crippen molar-refractivity contribution < 1.29 is 24.2 Å². The Labute approximate surface area is 166 Å². The second-order valence-electron chi connectivity index (χ2n) is 6.66. The normalized spacial score (nSPS) is 17.3. The van der Waals surface area contributed by atoms with Crippen LogP contribution in [-0.2, 0) is 9.59 Å². The topological polar surface area (TPSA) is 88.1 Å². The van der Waals surface area contributed by atoms with Crippen LogP contribution in [0.25, 0.3) is 0 Å². The molecule has 1 heterocycles. The number of nitrogens with one attached hydrogen (secondary N) is 1. The summed E-state index contributed by atoms with van der Waals surface area (Å²) >= 11 is 0. The number of likely N-dealkylation sites (tertiary alicyclic amines) is 1. The van der Waals surface area contributed by atoms with Crippen LogP contribution in [0.15, 0.2) is 18.2 Å². The highest BCUT2D eigenvalue weighted by atomic mass is 35.5. The molecule has 0 saturated carbocycles. The second kappa shape index (κ2) is 10.4. The monoisotopic (exact) mass is 400 g/mol. The minimum absolute atomic E-state index is 0. The zero-order valence-electron chi connectivity index (χ0n) is 16.2. The number of methoxy groups -OCH3 is 2. The number of nitrogens with zero attached hydrogens (tertiary/aromatic N) is 1. The van der Waals surface area contributed by atoms with E-state index in [-0.39, 0.29) is 36.3 Å². The maximum atomic E-state index is 12.7. The van der Waals surface area contributed by atoms with Gasteiger partial charge in [-0.1, -0.05) is 0 Å². The molecule has 27 heavy (non-hydrogen) atoms. The molecular weight excluding hydrogens is 372 g/mol. The lowest BCUT2D eigenvalue weighted by molar-refractivity contribution is -0.143. The van der Waals surface area contributed by atoms with Gasteiger partial charge in [-0.15, -0.1) is 12.4 Å². The SMILES string of the molecule is COc1ccc(OC)c(C(C)NC(=O)C(C)N2CCC(C(=O)O)CC2)c1.Cl. The molecule has 0 aromatic heterocycles. The second-order valence-corrected chi connectivity index (χ2v) is 6.66. The van der Waals surface area contributed by atoms with Gasteiger partial charge in [0.2, 0.25) is 5.91 Å². The molecule has 7 nitrogen and oxygen atoms in total. The van der Waals surface area contributed by atoms with E-state index in [0.717, 1.165) is 5.56 Å². The van der Waals surface area contributed by atoms with E-state index in [1.54, 1.807) is 14.2 Å². The number of aliphatic carboxylic acids is 1. The number of rotatable bonds is 7. The number of piperidine rings is 1. The van der Waals surface area contributed by atoms with Crippen molar-refractivity contribution in [2.75, 3.05) is 27.3 Å². The van der Waals surface area contributed by atoms with Crippen molar-refractivity contribution in [1.82, 2.24) is 10.2 Å². The van der Waals surface area contributed by atoms with Crippen molar-refractivity contribution in [3.8, 4) is 11.5 Å². The molecule has 1 aliphatic rings. The van der Waals surface area contributed by atoms with Gasteiger partial charge in [-0.05, 0) is 58.0 Å². The molecule has 1 aromatic rings. The average molecular weight is 401 g/mol. The van der Waals surface area contributed by atoms with Gasteiger partial charge in [0.15, 0.2) is 0 Å². The number of ether oxygens (including phenoxy) is 2. The first-order valence-electron chi connectivity index (χ1n) is 8.86. The third kappa shape index (κ3) is 5.74. The summed E-state index contributed by atoms with van der Waals surface area (Å²) in [5.74, 6) is 0.248. The van der Waals surface area contributed by atoms with Crippen LogP contribution in [0, 0.1) is 5.92 Å². The molecule has 152 valence electrons. The van der Waals surface area contributed by atoms with Crippen LogP contribution < -0.4 is 14.8 Å². The molecule has 2 unspecified atom stereocenters. The van der Waals surface area contributed by atoms with Crippen LogP contribution >= 0.6 is 12.4 Å². The van der Waals surface area contributed by atoms with Crippen LogP contribution in [0.3, 0.4) is 0 Å². The number of carbonyl (C=O) groups is 2. The Kier molecular flexibility index (Phi) is 8.85. The fraction of sp³-hybridized carbons (Fsp3) is 0.579. The quantitative estimate of drug-likeness (QED) is 0.731.